The molecule has 2 aromatic rings. The first kappa shape index (κ1) is 34.7. The number of aliphatic hydroxyl groups is 1. The van der Waals surface area contributed by atoms with Crippen LogP contribution in [0.2, 0.25) is 0 Å². The van der Waals surface area contributed by atoms with Crippen molar-refractivity contribution in [1.29, 1.82) is 0 Å². The van der Waals surface area contributed by atoms with Crippen LogP contribution in [0, 0.1) is 51.4 Å². The number of Topliss-reactive ketones (excluding diaryl/α,β-unsaturated/α-hetero) is 2. The Morgan fingerprint density at radius 1 is 0.756 bits per heavy atom. The number of ketones is 2. The molecule has 2 fully saturated rings. The van der Waals surface area contributed by atoms with Gasteiger partial charge in [0, 0.05) is 24.2 Å². The van der Waals surface area contributed by atoms with Crippen molar-refractivity contribution in [1.82, 2.24) is 0 Å². The molecule has 5 rings (SSSR count). The molecule has 2 saturated carbocycles. The third-order valence-corrected chi connectivity index (χ3v) is 10.4. The lowest BCUT2D eigenvalue weighted by Gasteiger charge is -2.29. The zero-order chi connectivity index (χ0) is 32.8. The van der Waals surface area contributed by atoms with Crippen LogP contribution in [0.15, 0.2) is 30.0 Å². The summed E-state index contributed by atoms with van der Waals surface area (Å²) in [6, 6.07) is 8.59. The van der Waals surface area contributed by atoms with Gasteiger partial charge in [-0.1, -0.05) is 74.9 Å². The van der Waals surface area contributed by atoms with E-state index in [2.05, 4.69) is 65.8 Å². The minimum absolute atomic E-state index is 0.0270. The van der Waals surface area contributed by atoms with E-state index in [1.54, 1.807) is 0 Å². The molecule has 0 amide bonds. The number of benzene rings is 2. The first-order valence-electron chi connectivity index (χ1n) is 17.4. The zero-order valence-electron chi connectivity index (χ0n) is 28.7. The number of rotatable bonds is 8. The maximum atomic E-state index is 13.0. The van der Waals surface area contributed by atoms with Gasteiger partial charge in [0.2, 0.25) is 0 Å². The van der Waals surface area contributed by atoms with Crippen LogP contribution >= 0.6 is 0 Å². The normalized spacial score (nSPS) is 22.9. The van der Waals surface area contributed by atoms with Crippen LogP contribution in [-0.4, -0.2) is 29.2 Å². The molecule has 0 saturated heterocycles. The monoisotopic (exact) mass is 614 g/mol. The Bertz CT molecular complexity index is 1450. The smallest absolute Gasteiger partial charge is 0.309 e. The SMILES string of the molecule is CCOC(=O)C1CCCCC1C(=O)Cc1c(C)cc(C)cc1CC.CCc1cc(C)cc(C)c1C1=C(O)C2CCCCC2C1=O. The third-order valence-electron chi connectivity index (χ3n) is 10.4. The van der Waals surface area contributed by atoms with Crippen molar-refractivity contribution in [3.63, 3.8) is 0 Å². The molecule has 4 atom stereocenters. The molecule has 5 heteroatoms. The molecule has 3 aliphatic rings. The zero-order valence-corrected chi connectivity index (χ0v) is 28.7. The van der Waals surface area contributed by atoms with E-state index < -0.39 is 0 Å². The molecule has 5 nitrogen and oxygen atoms in total. The van der Waals surface area contributed by atoms with Crippen molar-refractivity contribution in [3.8, 4) is 0 Å². The van der Waals surface area contributed by atoms with Crippen LogP contribution < -0.4 is 0 Å². The molecular weight excluding hydrogens is 560 g/mol. The molecule has 2 aromatic carbocycles. The number of carbonyl (C=O) groups is 3. The highest BCUT2D eigenvalue weighted by molar-refractivity contribution is 6.25. The van der Waals surface area contributed by atoms with Gasteiger partial charge < -0.3 is 9.84 Å². The minimum Gasteiger partial charge on any atom is -0.511 e. The van der Waals surface area contributed by atoms with E-state index in [0.29, 0.717) is 24.4 Å². The predicted octanol–water partition coefficient (Wildman–Crippen LogP) is 8.87. The van der Waals surface area contributed by atoms with Gasteiger partial charge in [0.15, 0.2) is 5.78 Å². The van der Waals surface area contributed by atoms with E-state index in [-0.39, 0.29) is 41.2 Å². The van der Waals surface area contributed by atoms with E-state index in [0.717, 1.165) is 80.9 Å². The van der Waals surface area contributed by atoms with Crippen molar-refractivity contribution in [2.75, 3.05) is 6.61 Å². The Labute approximate surface area is 270 Å². The van der Waals surface area contributed by atoms with Gasteiger partial charge in [0.25, 0.3) is 0 Å². The van der Waals surface area contributed by atoms with Crippen LogP contribution in [0.3, 0.4) is 0 Å². The van der Waals surface area contributed by atoms with Gasteiger partial charge in [-0.15, -0.1) is 0 Å². The Morgan fingerprint density at radius 2 is 1.31 bits per heavy atom. The van der Waals surface area contributed by atoms with Crippen LogP contribution in [0.25, 0.3) is 5.57 Å². The van der Waals surface area contributed by atoms with Gasteiger partial charge >= 0.3 is 5.97 Å². The number of hydrogen-bond donors (Lipinski definition) is 1. The molecular formula is C40H54O5. The summed E-state index contributed by atoms with van der Waals surface area (Å²) in [5, 5.41) is 10.7. The van der Waals surface area contributed by atoms with Crippen LogP contribution in [0.1, 0.15) is 117 Å². The quantitative estimate of drug-likeness (QED) is 0.301. The van der Waals surface area contributed by atoms with Crippen molar-refractivity contribution in [3.05, 3.63) is 74.5 Å². The average Bonchev–Trinajstić information content (AvgIpc) is 3.27. The lowest BCUT2D eigenvalue weighted by molar-refractivity contribution is -0.153. The Kier molecular flexibility index (Phi) is 11.8. The number of esters is 1. The van der Waals surface area contributed by atoms with Crippen molar-refractivity contribution in [2.24, 2.45) is 23.7 Å². The molecule has 0 aliphatic heterocycles. The number of carbonyl (C=O) groups excluding carboxylic acids is 3. The van der Waals surface area contributed by atoms with Gasteiger partial charge in [0.1, 0.15) is 11.5 Å². The number of hydrogen-bond acceptors (Lipinski definition) is 5. The summed E-state index contributed by atoms with van der Waals surface area (Å²) in [6.45, 7) is 14.8. The van der Waals surface area contributed by atoms with E-state index >= 15 is 0 Å². The van der Waals surface area contributed by atoms with Crippen LogP contribution in [-0.2, 0) is 38.4 Å². The summed E-state index contributed by atoms with van der Waals surface area (Å²) in [5.41, 5.74) is 9.97. The van der Waals surface area contributed by atoms with E-state index in [1.807, 2.05) is 6.92 Å². The number of allylic oxidation sites excluding steroid dienone is 2. The van der Waals surface area contributed by atoms with E-state index in [9.17, 15) is 19.5 Å². The fourth-order valence-corrected chi connectivity index (χ4v) is 8.22. The number of fused-ring (bicyclic) bond motifs is 1. The van der Waals surface area contributed by atoms with Crippen molar-refractivity contribution in [2.45, 2.75) is 119 Å². The Morgan fingerprint density at radius 3 is 1.91 bits per heavy atom. The molecule has 4 unspecified atom stereocenters. The lowest BCUT2D eigenvalue weighted by Crippen LogP contribution is -2.35. The van der Waals surface area contributed by atoms with Crippen molar-refractivity contribution >= 4 is 23.1 Å². The van der Waals surface area contributed by atoms with Gasteiger partial charge in [-0.2, -0.15) is 0 Å². The second kappa shape index (κ2) is 15.4. The second-order valence-corrected chi connectivity index (χ2v) is 13.6. The Hall–Kier alpha value is -3.21. The summed E-state index contributed by atoms with van der Waals surface area (Å²) in [5.74, 6) is 0.238. The standard InChI is InChI=1S/C21H30O3.C19H24O2/c1-5-16-12-14(3)11-15(4)19(16)13-20(22)17-9-7-8-10-18(17)21(23)24-6-2;1-4-13-10-11(2)9-12(3)16(13)17-18(20)14-7-5-6-8-15(14)19(17)21/h11-12,17-18H,5-10,13H2,1-4H3;9-10,14-15,20H,4-8H2,1-3H3. The van der Waals surface area contributed by atoms with Gasteiger partial charge in [0.05, 0.1) is 18.1 Å². The molecule has 0 spiro atoms. The first-order valence-corrected chi connectivity index (χ1v) is 17.4. The van der Waals surface area contributed by atoms with Gasteiger partial charge in [-0.25, -0.2) is 0 Å². The molecule has 0 aromatic heterocycles. The molecule has 1 N–H and O–H groups in total. The lowest BCUT2D eigenvalue weighted by atomic mass is 9.75. The average molecular weight is 615 g/mol. The summed E-state index contributed by atoms with van der Waals surface area (Å²) < 4.78 is 5.21. The predicted molar refractivity (Wildman–Crippen MR) is 181 cm³/mol. The minimum atomic E-state index is -0.248. The maximum absolute atomic E-state index is 13.0. The Balaban J connectivity index is 0.000000206. The largest absolute Gasteiger partial charge is 0.511 e. The van der Waals surface area contributed by atoms with E-state index in [4.69, 9.17) is 4.74 Å². The molecule has 45 heavy (non-hydrogen) atoms. The highest BCUT2D eigenvalue weighted by atomic mass is 16.5. The first-order chi connectivity index (χ1) is 21.5. The van der Waals surface area contributed by atoms with Gasteiger partial charge in [-0.05, 0) is 107 Å². The number of aliphatic hydroxyl groups excluding tert-OH is 1. The summed E-state index contributed by atoms with van der Waals surface area (Å²) in [4.78, 5) is 38.0. The van der Waals surface area contributed by atoms with Gasteiger partial charge in [-0.3, -0.25) is 14.4 Å². The van der Waals surface area contributed by atoms with E-state index in [1.165, 1.54) is 27.8 Å². The second-order valence-electron chi connectivity index (χ2n) is 13.6. The number of ether oxygens (including phenoxy) is 1. The van der Waals surface area contributed by atoms with Crippen LogP contribution in [0.4, 0.5) is 0 Å². The molecule has 0 heterocycles. The molecule has 244 valence electrons. The highest BCUT2D eigenvalue weighted by Crippen LogP contribution is 2.47. The molecule has 3 aliphatic carbocycles. The fourth-order valence-electron chi connectivity index (χ4n) is 8.22. The molecule has 0 bridgehead atoms. The van der Waals surface area contributed by atoms with Crippen molar-refractivity contribution < 1.29 is 24.2 Å². The fraction of sp³-hybridized carbons (Fsp3) is 0.575. The summed E-state index contributed by atoms with van der Waals surface area (Å²) in [6.07, 6.45) is 10.0. The molecule has 0 radical (unpaired) electrons. The summed E-state index contributed by atoms with van der Waals surface area (Å²) in [7, 11) is 0. The third kappa shape index (κ3) is 7.61. The highest BCUT2D eigenvalue weighted by Gasteiger charge is 2.44. The van der Waals surface area contributed by atoms with Crippen LogP contribution in [0.5, 0.6) is 0 Å². The topological polar surface area (TPSA) is 80.7 Å². The number of aryl methyl sites for hydroxylation is 6. The maximum Gasteiger partial charge on any atom is 0.309 e. The summed E-state index contributed by atoms with van der Waals surface area (Å²) >= 11 is 0.